The predicted octanol–water partition coefficient (Wildman–Crippen LogP) is 5.56. The van der Waals surface area contributed by atoms with Gasteiger partial charge in [0.1, 0.15) is 0 Å². The van der Waals surface area contributed by atoms with Gasteiger partial charge in [-0.2, -0.15) is 0 Å². The van der Waals surface area contributed by atoms with E-state index in [1.807, 2.05) is 0 Å². The molecule has 20 heavy (non-hydrogen) atoms. The quantitative estimate of drug-likeness (QED) is 0.541. The van der Waals surface area contributed by atoms with Gasteiger partial charge in [0, 0.05) is 5.56 Å². The molecule has 1 aromatic carbocycles. The fourth-order valence-electron chi connectivity index (χ4n) is 2.41. The lowest BCUT2D eigenvalue weighted by molar-refractivity contribution is 0.546. The van der Waals surface area contributed by atoms with Crippen LogP contribution in [-0.4, -0.2) is 0 Å². The molecule has 0 heteroatoms. The maximum Gasteiger partial charge on any atom is 0.0317 e. The third kappa shape index (κ3) is 3.45. The van der Waals surface area contributed by atoms with Crippen molar-refractivity contribution >= 4 is 0 Å². The van der Waals surface area contributed by atoms with Crippen LogP contribution in [0.25, 0.3) is 0 Å². The number of terminal acetylenes is 1. The van der Waals surface area contributed by atoms with Crippen molar-refractivity contribution in [1.29, 1.82) is 0 Å². The number of hydrogen-bond donors (Lipinski definition) is 0. The van der Waals surface area contributed by atoms with Gasteiger partial charge < -0.3 is 0 Å². The van der Waals surface area contributed by atoms with Crippen LogP contribution in [0, 0.1) is 12.3 Å². The van der Waals surface area contributed by atoms with Crippen molar-refractivity contribution in [3.8, 4) is 12.3 Å². The van der Waals surface area contributed by atoms with E-state index in [1.54, 1.807) is 0 Å². The molecule has 0 nitrogen and oxygen atoms in total. The van der Waals surface area contributed by atoms with Gasteiger partial charge >= 0.3 is 0 Å². The van der Waals surface area contributed by atoms with Crippen LogP contribution in [-0.2, 0) is 16.2 Å². The second-order valence-corrected chi connectivity index (χ2v) is 8.84. The normalized spacial score (nSPS) is 13.2. The summed E-state index contributed by atoms with van der Waals surface area (Å²) in [7, 11) is 0. The zero-order chi connectivity index (χ0) is 15.9. The van der Waals surface area contributed by atoms with Gasteiger partial charge in [-0.3, -0.25) is 0 Å². The van der Waals surface area contributed by atoms with Crippen molar-refractivity contribution in [2.45, 2.75) is 78.6 Å². The monoisotopic (exact) mass is 270 g/mol. The SMILES string of the molecule is C#Cc1c(C(C)(C)C)cc(C(C)(C)C)cc1C(C)(C)C. The van der Waals surface area contributed by atoms with Crippen LogP contribution in [0.15, 0.2) is 12.1 Å². The van der Waals surface area contributed by atoms with E-state index in [9.17, 15) is 0 Å². The Labute approximate surface area is 126 Å². The largest absolute Gasteiger partial charge is 0.115 e. The van der Waals surface area contributed by atoms with Crippen molar-refractivity contribution in [2.24, 2.45) is 0 Å². The molecule has 0 aliphatic heterocycles. The molecule has 0 unspecified atom stereocenters. The smallest absolute Gasteiger partial charge is 0.0317 e. The molecule has 0 atom stereocenters. The van der Waals surface area contributed by atoms with Gasteiger partial charge in [0.2, 0.25) is 0 Å². The summed E-state index contributed by atoms with van der Waals surface area (Å²) in [6, 6.07) is 4.62. The Morgan fingerprint density at radius 1 is 0.700 bits per heavy atom. The lowest BCUT2D eigenvalue weighted by atomic mass is 9.72. The standard InChI is InChI=1S/C20H30/c1-11-15-16(19(5,6)7)12-14(18(2,3)4)13-17(15)20(8,9)10/h1,12-13H,2-10H3. The second-order valence-electron chi connectivity index (χ2n) is 8.84. The van der Waals surface area contributed by atoms with Crippen molar-refractivity contribution in [2.75, 3.05) is 0 Å². The Balaban J connectivity index is 3.81. The van der Waals surface area contributed by atoms with Crippen LogP contribution in [0.1, 0.15) is 84.6 Å². The van der Waals surface area contributed by atoms with Crippen molar-refractivity contribution < 1.29 is 0 Å². The van der Waals surface area contributed by atoms with Gasteiger partial charge in [-0.1, -0.05) is 80.4 Å². The first-order valence-electron chi connectivity index (χ1n) is 7.44. The van der Waals surface area contributed by atoms with Crippen LogP contribution in [0.4, 0.5) is 0 Å². The summed E-state index contributed by atoms with van der Waals surface area (Å²) in [5, 5.41) is 0. The number of benzene rings is 1. The minimum Gasteiger partial charge on any atom is -0.115 e. The molecule has 0 bridgehead atoms. The molecule has 0 heterocycles. The molecule has 0 aliphatic rings. The fourth-order valence-corrected chi connectivity index (χ4v) is 2.41. The van der Waals surface area contributed by atoms with E-state index in [4.69, 9.17) is 6.42 Å². The average Bonchev–Trinajstić information content (AvgIpc) is 2.23. The van der Waals surface area contributed by atoms with Gasteiger partial charge in [0.15, 0.2) is 0 Å². The number of hydrogen-bond acceptors (Lipinski definition) is 0. The molecule has 0 spiro atoms. The minimum absolute atomic E-state index is 0.0585. The van der Waals surface area contributed by atoms with E-state index < -0.39 is 0 Å². The highest BCUT2D eigenvalue weighted by Gasteiger charge is 2.28. The first kappa shape index (κ1) is 16.8. The highest BCUT2D eigenvalue weighted by atomic mass is 14.3. The molecule has 110 valence electrons. The average molecular weight is 270 g/mol. The summed E-state index contributed by atoms with van der Waals surface area (Å²) in [6.45, 7) is 20.2. The molecule has 0 fully saturated rings. The van der Waals surface area contributed by atoms with Gasteiger partial charge in [-0.15, -0.1) is 6.42 Å². The molecular formula is C20H30. The summed E-state index contributed by atoms with van der Waals surface area (Å²) in [5.74, 6) is 2.96. The highest BCUT2D eigenvalue weighted by Crippen LogP contribution is 2.37. The van der Waals surface area contributed by atoms with Gasteiger partial charge in [0.05, 0.1) is 0 Å². The second kappa shape index (κ2) is 4.96. The Hall–Kier alpha value is -1.22. The number of rotatable bonds is 0. The fraction of sp³-hybridized carbons (Fsp3) is 0.600. The Kier molecular flexibility index (Phi) is 4.17. The maximum atomic E-state index is 5.85. The third-order valence-corrected chi connectivity index (χ3v) is 3.76. The zero-order valence-corrected chi connectivity index (χ0v) is 14.7. The van der Waals surface area contributed by atoms with E-state index in [0.29, 0.717) is 0 Å². The summed E-state index contributed by atoms with van der Waals surface area (Å²) < 4.78 is 0. The molecule has 0 amide bonds. The van der Waals surface area contributed by atoms with Gasteiger partial charge in [-0.25, -0.2) is 0 Å². The predicted molar refractivity (Wildman–Crippen MR) is 90.5 cm³/mol. The molecule has 0 N–H and O–H groups in total. The zero-order valence-electron chi connectivity index (χ0n) is 14.7. The lowest BCUT2D eigenvalue weighted by Crippen LogP contribution is -2.23. The first-order valence-corrected chi connectivity index (χ1v) is 7.44. The first-order chi connectivity index (χ1) is 8.78. The Morgan fingerprint density at radius 3 is 1.25 bits per heavy atom. The molecule has 0 saturated carbocycles. The molecular weight excluding hydrogens is 240 g/mol. The summed E-state index contributed by atoms with van der Waals surface area (Å²) >= 11 is 0. The van der Waals surface area contributed by atoms with E-state index >= 15 is 0 Å². The summed E-state index contributed by atoms with van der Waals surface area (Å²) in [6.07, 6.45) is 5.85. The molecule has 0 saturated heterocycles. The van der Waals surface area contributed by atoms with Gasteiger partial charge in [-0.05, 0) is 32.9 Å². The minimum atomic E-state index is 0.0585. The maximum absolute atomic E-state index is 5.85. The van der Waals surface area contributed by atoms with E-state index in [0.717, 1.165) is 5.56 Å². The van der Waals surface area contributed by atoms with E-state index in [-0.39, 0.29) is 16.2 Å². The van der Waals surface area contributed by atoms with Crippen LogP contribution in [0.2, 0.25) is 0 Å². The topological polar surface area (TPSA) is 0 Å². The van der Waals surface area contributed by atoms with Crippen molar-refractivity contribution in [3.05, 3.63) is 34.4 Å². The lowest BCUT2D eigenvalue weighted by Gasteiger charge is -2.32. The van der Waals surface area contributed by atoms with E-state index in [2.05, 4.69) is 80.4 Å². The van der Waals surface area contributed by atoms with Crippen LogP contribution in [0.5, 0.6) is 0 Å². The molecule has 0 aliphatic carbocycles. The molecule has 1 aromatic rings. The van der Waals surface area contributed by atoms with Crippen LogP contribution < -0.4 is 0 Å². The van der Waals surface area contributed by atoms with Gasteiger partial charge in [0.25, 0.3) is 0 Å². The Morgan fingerprint density at radius 2 is 1.05 bits per heavy atom. The van der Waals surface area contributed by atoms with Crippen molar-refractivity contribution in [3.63, 3.8) is 0 Å². The van der Waals surface area contributed by atoms with Crippen LogP contribution >= 0.6 is 0 Å². The summed E-state index contributed by atoms with van der Waals surface area (Å²) in [4.78, 5) is 0. The molecule has 1 rings (SSSR count). The van der Waals surface area contributed by atoms with Crippen LogP contribution in [0.3, 0.4) is 0 Å². The summed E-state index contributed by atoms with van der Waals surface area (Å²) in [5.41, 5.74) is 5.28. The van der Waals surface area contributed by atoms with Crippen molar-refractivity contribution in [1.82, 2.24) is 0 Å². The molecule has 0 aromatic heterocycles. The molecule has 0 radical (unpaired) electrons. The van der Waals surface area contributed by atoms with E-state index in [1.165, 1.54) is 16.7 Å². The Bertz CT molecular complexity index is 496. The highest BCUT2D eigenvalue weighted by molar-refractivity contribution is 5.54. The third-order valence-electron chi connectivity index (χ3n) is 3.76.